The van der Waals surface area contributed by atoms with E-state index in [2.05, 4.69) is 0 Å². The summed E-state index contributed by atoms with van der Waals surface area (Å²) in [5.74, 6) is -0.769. The average molecular weight is 187 g/mol. The van der Waals surface area contributed by atoms with Gasteiger partial charge < -0.3 is 15.6 Å². The second kappa shape index (κ2) is 6.60. The first-order valence-electron chi connectivity index (χ1n) is 4.52. The molecule has 0 aromatic carbocycles. The zero-order valence-corrected chi connectivity index (χ0v) is 7.95. The van der Waals surface area contributed by atoms with Gasteiger partial charge in [0.15, 0.2) is 0 Å². The van der Waals surface area contributed by atoms with E-state index in [0.717, 1.165) is 19.3 Å². The first kappa shape index (κ1) is 12.1. The van der Waals surface area contributed by atoms with Crippen molar-refractivity contribution in [3.63, 3.8) is 0 Å². The van der Waals surface area contributed by atoms with Crippen LogP contribution in [-0.4, -0.2) is 22.9 Å². The number of hydrogen-bond acceptors (Lipinski definition) is 3. The van der Waals surface area contributed by atoms with Crippen LogP contribution in [0.25, 0.3) is 0 Å². The summed E-state index contributed by atoms with van der Waals surface area (Å²) >= 11 is 0. The minimum absolute atomic E-state index is 0.183. The summed E-state index contributed by atoms with van der Waals surface area (Å²) in [6.45, 7) is 1.56. The number of carbonyl (C=O) groups is 2. The van der Waals surface area contributed by atoms with Crippen LogP contribution in [0.2, 0.25) is 0 Å². The molecule has 1 atom stereocenters. The highest BCUT2D eigenvalue weighted by Crippen LogP contribution is 2.05. The van der Waals surface area contributed by atoms with Gasteiger partial charge in [-0.3, -0.25) is 4.79 Å². The van der Waals surface area contributed by atoms with E-state index >= 15 is 0 Å². The second-order valence-electron chi connectivity index (χ2n) is 3.25. The number of carboxylic acid groups (broad SMARTS) is 1. The van der Waals surface area contributed by atoms with Crippen LogP contribution in [0, 0.1) is 0 Å². The van der Waals surface area contributed by atoms with Crippen LogP contribution in [0.3, 0.4) is 0 Å². The summed E-state index contributed by atoms with van der Waals surface area (Å²) in [4.78, 5) is 20.8. The molecule has 0 aliphatic rings. The van der Waals surface area contributed by atoms with E-state index < -0.39 is 12.0 Å². The van der Waals surface area contributed by atoms with Crippen LogP contribution in [-0.2, 0) is 9.59 Å². The van der Waals surface area contributed by atoms with Gasteiger partial charge in [0.1, 0.15) is 11.8 Å². The number of aliphatic carboxylic acids is 1. The molecular formula is C9H17NO3. The normalized spacial score (nSPS) is 12.5. The lowest BCUT2D eigenvalue weighted by atomic mass is 10.1. The zero-order chi connectivity index (χ0) is 10.3. The van der Waals surface area contributed by atoms with Crippen molar-refractivity contribution in [3.8, 4) is 0 Å². The van der Waals surface area contributed by atoms with Gasteiger partial charge in [-0.05, 0) is 19.8 Å². The Morgan fingerprint density at radius 1 is 1.31 bits per heavy atom. The summed E-state index contributed by atoms with van der Waals surface area (Å²) in [5, 5.41) is 8.45. The molecule has 13 heavy (non-hydrogen) atoms. The standard InChI is InChI=1S/C9H17NO3/c1-7(11)5-3-2-4-6-8(10)9(12)13/h8H,2-6,10H2,1H3,(H,12,13)/t8-/m1/s1. The van der Waals surface area contributed by atoms with E-state index in [9.17, 15) is 9.59 Å². The second-order valence-corrected chi connectivity index (χ2v) is 3.25. The Labute approximate surface area is 78.1 Å². The van der Waals surface area contributed by atoms with E-state index in [-0.39, 0.29) is 5.78 Å². The number of hydrogen-bond donors (Lipinski definition) is 2. The van der Waals surface area contributed by atoms with Crippen molar-refractivity contribution >= 4 is 11.8 Å². The molecule has 0 saturated carbocycles. The van der Waals surface area contributed by atoms with Gasteiger partial charge >= 0.3 is 5.97 Å². The van der Waals surface area contributed by atoms with Crippen molar-refractivity contribution in [2.75, 3.05) is 0 Å². The van der Waals surface area contributed by atoms with Gasteiger partial charge in [0, 0.05) is 6.42 Å². The molecule has 0 aliphatic carbocycles. The molecule has 0 radical (unpaired) electrons. The molecule has 76 valence electrons. The Morgan fingerprint density at radius 2 is 1.92 bits per heavy atom. The predicted molar refractivity (Wildman–Crippen MR) is 49.4 cm³/mol. The lowest BCUT2D eigenvalue weighted by Crippen LogP contribution is -2.29. The molecule has 4 nitrogen and oxygen atoms in total. The maximum Gasteiger partial charge on any atom is 0.320 e. The number of Topliss-reactive ketones (excluding diaryl/α,β-unsaturated/α-hetero) is 1. The van der Waals surface area contributed by atoms with E-state index in [1.807, 2.05) is 0 Å². The number of carboxylic acids is 1. The minimum atomic E-state index is -0.952. The Hall–Kier alpha value is -0.900. The molecule has 0 bridgehead atoms. The molecule has 0 amide bonds. The lowest BCUT2D eigenvalue weighted by Gasteiger charge is -2.04. The van der Waals surface area contributed by atoms with Gasteiger partial charge in [-0.15, -0.1) is 0 Å². The topological polar surface area (TPSA) is 80.4 Å². The van der Waals surface area contributed by atoms with Crippen molar-refractivity contribution < 1.29 is 14.7 Å². The third-order valence-electron chi connectivity index (χ3n) is 1.86. The highest BCUT2D eigenvalue weighted by molar-refractivity contribution is 5.75. The fourth-order valence-corrected chi connectivity index (χ4v) is 1.04. The van der Waals surface area contributed by atoms with Gasteiger partial charge in [-0.1, -0.05) is 12.8 Å². The van der Waals surface area contributed by atoms with Crippen LogP contribution in [0.4, 0.5) is 0 Å². The maximum atomic E-state index is 10.5. The number of ketones is 1. The van der Waals surface area contributed by atoms with Crippen LogP contribution < -0.4 is 5.73 Å². The first-order valence-corrected chi connectivity index (χ1v) is 4.52. The largest absolute Gasteiger partial charge is 0.480 e. The maximum absolute atomic E-state index is 10.5. The van der Waals surface area contributed by atoms with Gasteiger partial charge in [0.25, 0.3) is 0 Å². The van der Waals surface area contributed by atoms with Crippen molar-refractivity contribution in [2.24, 2.45) is 5.73 Å². The fourth-order valence-electron chi connectivity index (χ4n) is 1.04. The predicted octanol–water partition coefficient (Wildman–Crippen LogP) is 0.938. The highest BCUT2D eigenvalue weighted by Gasteiger charge is 2.09. The molecule has 0 aromatic rings. The monoisotopic (exact) mass is 187 g/mol. The van der Waals surface area contributed by atoms with Crippen LogP contribution in [0.1, 0.15) is 39.0 Å². The number of unbranched alkanes of at least 4 members (excludes halogenated alkanes) is 2. The van der Waals surface area contributed by atoms with Gasteiger partial charge in [0.05, 0.1) is 0 Å². The molecule has 3 N–H and O–H groups in total. The van der Waals surface area contributed by atoms with Gasteiger partial charge in [-0.2, -0.15) is 0 Å². The Kier molecular flexibility index (Phi) is 6.14. The van der Waals surface area contributed by atoms with E-state index in [1.54, 1.807) is 6.92 Å². The number of nitrogens with two attached hydrogens (primary N) is 1. The molecule has 0 aromatic heterocycles. The van der Waals surface area contributed by atoms with Crippen LogP contribution >= 0.6 is 0 Å². The van der Waals surface area contributed by atoms with Gasteiger partial charge in [-0.25, -0.2) is 0 Å². The van der Waals surface area contributed by atoms with Crippen molar-refractivity contribution in [1.82, 2.24) is 0 Å². The van der Waals surface area contributed by atoms with Crippen molar-refractivity contribution in [1.29, 1.82) is 0 Å². The summed E-state index contributed by atoms with van der Waals surface area (Å²) in [7, 11) is 0. The number of carbonyl (C=O) groups excluding carboxylic acids is 1. The Morgan fingerprint density at radius 3 is 2.38 bits per heavy atom. The molecule has 0 saturated heterocycles. The quantitative estimate of drug-likeness (QED) is 0.581. The zero-order valence-electron chi connectivity index (χ0n) is 7.95. The highest BCUT2D eigenvalue weighted by atomic mass is 16.4. The summed E-state index contributed by atoms with van der Waals surface area (Å²) < 4.78 is 0. The van der Waals surface area contributed by atoms with E-state index in [0.29, 0.717) is 12.8 Å². The molecule has 0 rings (SSSR count). The molecule has 4 heteroatoms. The van der Waals surface area contributed by atoms with Crippen molar-refractivity contribution in [3.05, 3.63) is 0 Å². The summed E-state index contributed by atoms with van der Waals surface area (Å²) in [5.41, 5.74) is 5.29. The van der Waals surface area contributed by atoms with Crippen LogP contribution in [0.15, 0.2) is 0 Å². The molecule has 0 unspecified atom stereocenters. The lowest BCUT2D eigenvalue weighted by molar-refractivity contribution is -0.138. The van der Waals surface area contributed by atoms with E-state index in [4.69, 9.17) is 10.8 Å². The molecular weight excluding hydrogens is 170 g/mol. The van der Waals surface area contributed by atoms with Crippen LogP contribution in [0.5, 0.6) is 0 Å². The third kappa shape index (κ3) is 7.46. The third-order valence-corrected chi connectivity index (χ3v) is 1.86. The molecule has 0 spiro atoms. The first-order chi connectivity index (χ1) is 6.04. The summed E-state index contributed by atoms with van der Waals surface area (Å²) in [6.07, 6.45) is 3.57. The van der Waals surface area contributed by atoms with E-state index in [1.165, 1.54) is 0 Å². The summed E-state index contributed by atoms with van der Waals surface area (Å²) in [6, 6.07) is -0.752. The van der Waals surface area contributed by atoms with Gasteiger partial charge in [0.2, 0.25) is 0 Å². The Balaban J connectivity index is 3.26. The molecule has 0 heterocycles. The fraction of sp³-hybridized carbons (Fsp3) is 0.778. The molecule has 0 aliphatic heterocycles. The van der Waals surface area contributed by atoms with Crippen molar-refractivity contribution in [2.45, 2.75) is 45.1 Å². The average Bonchev–Trinajstić information content (AvgIpc) is 2.02. The smallest absolute Gasteiger partial charge is 0.320 e. The Bertz CT molecular complexity index is 180. The minimum Gasteiger partial charge on any atom is -0.480 e. The molecule has 0 fully saturated rings. The SMILES string of the molecule is CC(=O)CCCCC[C@@H](N)C(=O)O. The number of rotatable bonds is 7.